The first-order chi connectivity index (χ1) is 10.2. The van der Waals surface area contributed by atoms with Crippen molar-refractivity contribution in [2.45, 2.75) is 38.5 Å². The highest BCUT2D eigenvalue weighted by molar-refractivity contribution is 9.10. The molecule has 0 unspecified atom stereocenters. The normalized spacial score (nSPS) is 14.8. The Morgan fingerprint density at radius 1 is 1.19 bits per heavy atom. The van der Waals surface area contributed by atoms with Crippen molar-refractivity contribution in [2.75, 3.05) is 7.05 Å². The van der Waals surface area contributed by atoms with Crippen LogP contribution in [0.2, 0.25) is 0 Å². The summed E-state index contributed by atoms with van der Waals surface area (Å²) < 4.78 is 1.18. The molecular weight excluding hydrogens is 344 g/mol. The summed E-state index contributed by atoms with van der Waals surface area (Å²) in [5.41, 5.74) is 2.76. The van der Waals surface area contributed by atoms with Gasteiger partial charge in [0.05, 0.1) is 0 Å². The molecule has 0 saturated heterocycles. The Balaban J connectivity index is 1.49. The average molecular weight is 365 g/mol. The minimum absolute atomic E-state index is 0.779. The molecule has 1 aromatic heterocycles. The van der Waals surface area contributed by atoms with Gasteiger partial charge in [-0.1, -0.05) is 24.3 Å². The summed E-state index contributed by atoms with van der Waals surface area (Å²) in [6.45, 7) is 3.00. The number of rotatable bonds is 7. The molecule has 1 N–H and O–H groups in total. The Morgan fingerprint density at radius 3 is 2.52 bits per heavy atom. The van der Waals surface area contributed by atoms with E-state index in [0.717, 1.165) is 25.7 Å². The van der Waals surface area contributed by atoms with Gasteiger partial charge < -0.3 is 5.32 Å². The summed E-state index contributed by atoms with van der Waals surface area (Å²) in [6.07, 6.45) is 2.70. The Kier molecular flexibility index (Phi) is 5.11. The van der Waals surface area contributed by atoms with E-state index in [0.29, 0.717) is 0 Å². The maximum Gasteiger partial charge on any atom is 0.0328 e. The van der Waals surface area contributed by atoms with Gasteiger partial charge in [0.2, 0.25) is 0 Å². The van der Waals surface area contributed by atoms with Crippen molar-refractivity contribution < 1.29 is 0 Å². The van der Waals surface area contributed by atoms with Gasteiger partial charge in [0.15, 0.2) is 0 Å². The summed E-state index contributed by atoms with van der Waals surface area (Å²) in [5.74, 6) is 0. The number of benzene rings is 1. The third-order valence-electron chi connectivity index (χ3n) is 3.70. The number of nitrogens with zero attached hydrogens (tertiary/aromatic N) is 1. The molecule has 1 aliphatic carbocycles. The lowest BCUT2D eigenvalue weighted by molar-refractivity contribution is 0.322. The molecule has 112 valence electrons. The second-order valence-corrected chi connectivity index (χ2v) is 7.79. The van der Waals surface area contributed by atoms with Crippen LogP contribution >= 0.6 is 27.3 Å². The zero-order chi connectivity index (χ0) is 14.7. The molecule has 1 fully saturated rings. The number of thiophene rings is 1. The number of hydrogen-bond donors (Lipinski definition) is 1. The topological polar surface area (TPSA) is 15.3 Å². The lowest BCUT2D eigenvalue weighted by Crippen LogP contribution is -2.17. The van der Waals surface area contributed by atoms with Crippen LogP contribution in [0.4, 0.5) is 0 Å². The predicted octanol–water partition coefficient (Wildman–Crippen LogP) is 4.39. The summed E-state index contributed by atoms with van der Waals surface area (Å²) in [6, 6.07) is 12.0. The van der Waals surface area contributed by atoms with Crippen molar-refractivity contribution in [1.29, 1.82) is 0 Å². The van der Waals surface area contributed by atoms with E-state index < -0.39 is 0 Å². The highest BCUT2D eigenvalue weighted by Crippen LogP contribution is 2.22. The molecule has 3 rings (SSSR count). The molecule has 1 saturated carbocycles. The fourth-order valence-electron chi connectivity index (χ4n) is 2.38. The molecule has 21 heavy (non-hydrogen) atoms. The SMILES string of the molecule is CN(Cc1ccc(CNC2CC2)cc1)Cc1cc(Br)cs1. The Hall–Kier alpha value is -0.680. The summed E-state index contributed by atoms with van der Waals surface area (Å²) in [5, 5.41) is 5.70. The van der Waals surface area contributed by atoms with Crippen LogP contribution in [0.15, 0.2) is 40.2 Å². The highest BCUT2D eigenvalue weighted by atomic mass is 79.9. The molecule has 0 atom stereocenters. The van der Waals surface area contributed by atoms with Gasteiger partial charge in [-0.3, -0.25) is 4.90 Å². The summed E-state index contributed by atoms with van der Waals surface area (Å²) in [4.78, 5) is 3.75. The maximum absolute atomic E-state index is 3.55. The van der Waals surface area contributed by atoms with Gasteiger partial charge in [-0.25, -0.2) is 0 Å². The Morgan fingerprint density at radius 2 is 1.90 bits per heavy atom. The van der Waals surface area contributed by atoms with Crippen LogP contribution < -0.4 is 5.32 Å². The van der Waals surface area contributed by atoms with Crippen molar-refractivity contribution in [1.82, 2.24) is 10.2 Å². The van der Waals surface area contributed by atoms with Gasteiger partial charge in [-0.05, 0) is 53.0 Å². The first kappa shape index (κ1) is 15.2. The Bertz CT molecular complexity index is 575. The van der Waals surface area contributed by atoms with Crippen LogP contribution in [-0.2, 0) is 19.6 Å². The van der Waals surface area contributed by atoms with Gasteiger partial charge in [0.1, 0.15) is 0 Å². The van der Waals surface area contributed by atoms with Crippen molar-refractivity contribution in [3.05, 3.63) is 56.2 Å². The third-order valence-corrected chi connectivity index (χ3v) is 5.38. The number of nitrogens with one attached hydrogen (secondary N) is 1. The molecule has 1 heterocycles. The van der Waals surface area contributed by atoms with Gasteiger partial charge >= 0.3 is 0 Å². The number of halogens is 1. The van der Waals surface area contributed by atoms with Crippen LogP contribution in [0, 0.1) is 0 Å². The first-order valence-corrected chi connectivity index (χ1v) is 9.09. The van der Waals surface area contributed by atoms with Crippen LogP contribution in [0.25, 0.3) is 0 Å². The predicted molar refractivity (Wildman–Crippen MR) is 93.5 cm³/mol. The quantitative estimate of drug-likeness (QED) is 0.783. The van der Waals surface area contributed by atoms with Crippen molar-refractivity contribution in [3.63, 3.8) is 0 Å². The molecule has 0 radical (unpaired) electrons. The van der Waals surface area contributed by atoms with Gasteiger partial charge in [0, 0.05) is 40.4 Å². The summed E-state index contributed by atoms with van der Waals surface area (Å²) in [7, 11) is 2.18. The fraction of sp³-hybridized carbons (Fsp3) is 0.412. The Labute approximate surface area is 139 Å². The van der Waals surface area contributed by atoms with Crippen LogP contribution in [0.3, 0.4) is 0 Å². The third kappa shape index (κ3) is 4.92. The molecule has 2 nitrogen and oxygen atoms in total. The van der Waals surface area contributed by atoms with Crippen molar-refractivity contribution >= 4 is 27.3 Å². The van der Waals surface area contributed by atoms with E-state index in [9.17, 15) is 0 Å². The minimum Gasteiger partial charge on any atom is -0.310 e. The first-order valence-electron chi connectivity index (χ1n) is 7.42. The largest absolute Gasteiger partial charge is 0.310 e. The molecule has 0 amide bonds. The second-order valence-electron chi connectivity index (χ2n) is 5.88. The zero-order valence-electron chi connectivity index (χ0n) is 12.3. The maximum atomic E-state index is 3.55. The standard InChI is InChI=1S/C17H21BrN2S/c1-20(11-17-8-15(18)12-21-17)10-14-4-2-13(3-5-14)9-19-16-6-7-16/h2-5,8,12,16,19H,6-7,9-11H2,1H3. The van der Waals surface area contributed by atoms with Gasteiger partial charge in [0.25, 0.3) is 0 Å². The molecule has 0 spiro atoms. The summed E-state index contributed by atoms with van der Waals surface area (Å²) >= 11 is 5.32. The zero-order valence-corrected chi connectivity index (χ0v) is 14.7. The molecule has 1 aromatic carbocycles. The smallest absolute Gasteiger partial charge is 0.0328 e. The van der Waals surface area contributed by atoms with E-state index in [1.165, 1.54) is 33.3 Å². The number of hydrogen-bond acceptors (Lipinski definition) is 3. The molecule has 2 aromatic rings. The van der Waals surface area contributed by atoms with Crippen LogP contribution in [-0.4, -0.2) is 18.0 Å². The van der Waals surface area contributed by atoms with Crippen molar-refractivity contribution in [3.8, 4) is 0 Å². The lowest BCUT2D eigenvalue weighted by atomic mass is 10.1. The van der Waals surface area contributed by atoms with E-state index in [2.05, 4.69) is 68.9 Å². The molecule has 0 aliphatic heterocycles. The second kappa shape index (κ2) is 7.05. The minimum atomic E-state index is 0.779. The van der Waals surface area contributed by atoms with E-state index in [-0.39, 0.29) is 0 Å². The molecular formula is C17H21BrN2S. The molecule has 0 bridgehead atoms. The van der Waals surface area contributed by atoms with E-state index in [1.54, 1.807) is 0 Å². The van der Waals surface area contributed by atoms with E-state index in [4.69, 9.17) is 0 Å². The van der Waals surface area contributed by atoms with E-state index in [1.807, 2.05) is 11.3 Å². The highest BCUT2D eigenvalue weighted by Gasteiger charge is 2.19. The molecule has 1 aliphatic rings. The van der Waals surface area contributed by atoms with Gasteiger partial charge in [-0.15, -0.1) is 11.3 Å². The monoisotopic (exact) mass is 364 g/mol. The molecule has 4 heteroatoms. The van der Waals surface area contributed by atoms with Crippen LogP contribution in [0.5, 0.6) is 0 Å². The van der Waals surface area contributed by atoms with Crippen molar-refractivity contribution in [2.24, 2.45) is 0 Å². The lowest BCUT2D eigenvalue weighted by Gasteiger charge is -2.16. The van der Waals surface area contributed by atoms with Gasteiger partial charge in [-0.2, -0.15) is 0 Å². The average Bonchev–Trinajstić information content (AvgIpc) is 3.21. The van der Waals surface area contributed by atoms with E-state index >= 15 is 0 Å². The van der Waals surface area contributed by atoms with Crippen LogP contribution in [0.1, 0.15) is 28.8 Å². The fourth-order valence-corrected chi connectivity index (χ4v) is 3.91.